The predicted octanol–water partition coefficient (Wildman–Crippen LogP) is 4.98. The van der Waals surface area contributed by atoms with Crippen molar-refractivity contribution in [2.75, 3.05) is 34.5 Å². The number of ether oxygens (including phenoxy) is 6. The van der Waals surface area contributed by atoms with Crippen LogP contribution in [-0.2, 0) is 57.2 Å². The summed E-state index contributed by atoms with van der Waals surface area (Å²) in [5, 5.41) is 32.6. The number of amides is 1. The van der Waals surface area contributed by atoms with E-state index in [1.165, 1.54) is 14.2 Å². The molecule has 3 fully saturated rings. The fourth-order valence-corrected chi connectivity index (χ4v) is 10.2. The maximum absolute atomic E-state index is 14.4. The number of carboxylic acid groups (broad SMARTS) is 1. The van der Waals surface area contributed by atoms with Crippen molar-refractivity contribution in [1.82, 2.24) is 4.90 Å². The third kappa shape index (κ3) is 15.8. The van der Waals surface area contributed by atoms with Crippen LogP contribution in [0, 0.1) is 29.6 Å². The molecule has 388 valence electrons. The van der Waals surface area contributed by atoms with Gasteiger partial charge in [-0.3, -0.25) is 19.2 Å². The van der Waals surface area contributed by atoms with Crippen molar-refractivity contribution in [3.05, 3.63) is 47.6 Å². The van der Waals surface area contributed by atoms with E-state index in [0.717, 1.165) is 10.5 Å². The Morgan fingerprint density at radius 1 is 0.884 bits per heavy atom. The molecule has 0 aromatic carbocycles. The summed E-state index contributed by atoms with van der Waals surface area (Å²) in [4.78, 5) is 83.1. The Bertz CT molecular complexity index is 1900. The van der Waals surface area contributed by atoms with Gasteiger partial charge in [0.1, 0.15) is 36.7 Å². The number of carboxylic acids is 1. The SMILES string of the molecule is CO[C@H]1C[C@@H]2CC[C@@H](C)[C@@](O)(O2)C(=O)C(=O)N2CCCC[C@H]2C(=O)O[C@H]([C@H](N)C[C@@H]2CC[C@@H](OCC(=O)O)[C@H](OC)C2)CC(=O)[C@H](C)/C=C(\C)[C@@H](O)[C@@H](OC)C(=O)[C@H](C)C[C@H](C)/C=C/C=CC=C1C. The number of ketones is 3. The first-order valence-corrected chi connectivity index (χ1v) is 24.7. The minimum atomic E-state index is -2.47. The third-order valence-electron chi connectivity index (χ3n) is 14.6. The number of esters is 1. The summed E-state index contributed by atoms with van der Waals surface area (Å²) in [6, 6.07) is -2.13. The number of nitrogens with two attached hydrogens (primary N) is 1. The molecule has 15 atom stereocenters. The molecule has 17 nitrogen and oxygen atoms in total. The monoisotopic (exact) mass is 973 g/mol. The van der Waals surface area contributed by atoms with Gasteiger partial charge in [0.05, 0.1) is 24.4 Å². The summed E-state index contributed by atoms with van der Waals surface area (Å²) in [6.45, 7) is 10.1. The van der Waals surface area contributed by atoms with Crippen molar-refractivity contribution >= 4 is 35.2 Å². The number of rotatable bonds is 9. The molecule has 69 heavy (non-hydrogen) atoms. The van der Waals surface area contributed by atoms with Crippen LogP contribution < -0.4 is 5.73 Å². The third-order valence-corrected chi connectivity index (χ3v) is 14.6. The van der Waals surface area contributed by atoms with Gasteiger partial charge in [0.25, 0.3) is 11.7 Å². The molecule has 1 saturated carbocycles. The molecule has 2 saturated heterocycles. The number of methoxy groups -OCH3 is 3. The summed E-state index contributed by atoms with van der Waals surface area (Å²) < 4.78 is 35.0. The molecule has 0 spiro atoms. The average Bonchev–Trinajstić information content (AvgIpc) is 3.32. The number of cyclic esters (lactones) is 1. The highest BCUT2D eigenvalue weighted by Gasteiger charge is 2.53. The Labute approximate surface area is 408 Å². The van der Waals surface area contributed by atoms with E-state index in [0.29, 0.717) is 56.9 Å². The summed E-state index contributed by atoms with van der Waals surface area (Å²) in [7, 11) is 4.43. The van der Waals surface area contributed by atoms with Crippen molar-refractivity contribution in [1.29, 1.82) is 0 Å². The summed E-state index contributed by atoms with van der Waals surface area (Å²) >= 11 is 0. The van der Waals surface area contributed by atoms with Gasteiger partial charge in [-0.25, -0.2) is 9.59 Å². The smallest absolute Gasteiger partial charge is 0.329 e. The van der Waals surface area contributed by atoms with E-state index in [4.69, 9.17) is 34.2 Å². The minimum Gasteiger partial charge on any atom is -0.480 e. The number of carbonyl (C=O) groups excluding carboxylic acids is 5. The first-order valence-electron chi connectivity index (χ1n) is 24.7. The number of hydrogen-bond acceptors (Lipinski definition) is 15. The normalized spacial score (nSPS) is 37.5. The van der Waals surface area contributed by atoms with Gasteiger partial charge >= 0.3 is 11.9 Å². The second kappa shape index (κ2) is 27.0. The first kappa shape index (κ1) is 57.6. The van der Waals surface area contributed by atoms with E-state index in [2.05, 4.69) is 0 Å². The number of piperidine rings is 1. The van der Waals surface area contributed by atoms with Crippen LogP contribution in [0.25, 0.3) is 0 Å². The fraction of sp³-hybridized carbons (Fsp3) is 0.731. The van der Waals surface area contributed by atoms with Crippen molar-refractivity contribution in [2.24, 2.45) is 35.3 Å². The molecular weight excluding hydrogens is 893 g/mol. The average molecular weight is 973 g/mol. The zero-order chi connectivity index (χ0) is 51.2. The van der Waals surface area contributed by atoms with Gasteiger partial charge in [0.15, 0.2) is 5.78 Å². The lowest BCUT2D eigenvalue weighted by Crippen LogP contribution is -2.61. The van der Waals surface area contributed by atoms with Gasteiger partial charge in [-0.2, -0.15) is 0 Å². The maximum Gasteiger partial charge on any atom is 0.329 e. The number of fused-ring (bicyclic) bond motifs is 3. The topological polar surface area (TPSA) is 248 Å². The molecule has 17 heteroatoms. The van der Waals surface area contributed by atoms with Crippen LogP contribution in [0.3, 0.4) is 0 Å². The van der Waals surface area contributed by atoms with Crippen molar-refractivity contribution in [2.45, 2.75) is 179 Å². The molecule has 5 N–H and O–H groups in total. The second-order valence-electron chi connectivity index (χ2n) is 20.0. The van der Waals surface area contributed by atoms with Crippen LogP contribution in [0.1, 0.15) is 119 Å². The number of allylic oxidation sites excluding steroid dienone is 6. The highest BCUT2D eigenvalue weighted by atomic mass is 16.6. The number of hydrogen-bond donors (Lipinski definition) is 4. The molecule has 3 heterocycles. The zero-order valence-electron chi connectivity index (χ0n) is 42.2. The van der Waals surface area contributed by atoms with Crippen molar-refractivity contribution in [3.8, 4) is 0 Å². The molecule has 0 radical (unpaired) electrons. The quantitative estimate of drug-likeness (QED) is 0.135. The number of aliphatic carboxylic acids is 1. The Morgan fingerprint density at radius 3 is 2.28 bits per heavy atom. The lowest BCUT2D eigenvalue weighted by molar-refractivity contribution is -0.265. The largest absolute Gasteiger partial charge is 0.480 e. The van der Waals surface area contributed by atoms with Gasteiger partial charge in [-0.15, -0.1) is 0 Å². The number of Topliss-reactive ketones (excluding diaryl/α,β-unsaturated/α-hetero) is 3. The highest BCUT2D eigenvalue weighted by Crippen LogP contribution is 2.37. The lowest BCUT2D eigenvalue weighted by atomic mass is 9.80. The highest BCUT2D eigenvalue weighted by molar-refractivity contribution is 6.39. The molecule has 1 aliphatic carbocycles. The van der Waals surface area contributed by atoms with Crippen LogP contribution in [0.4, 0.5) is 0 Å². The van der Waals surface area contributed by atoms with E-state index in [-0.39, 0.29) is 55.6 Å². The molecule has 3 aliphatic heterocycles. The Hall–Kier alpha value is -3.94. The molecule has 4 aliphatic rings. The van der Waals surface area contributed by atoms with E-state index in [1.54, 1.807) is 40.9 Å². The van der Waals surface area contributed by atoms with Crippen LogP contribution in [0.2, 0.25) is 0 Å². The summed E-state index contributed by atoms with van der Waals surface area (Å²) in [6.07, 6.45) is 9.61. The minimum absolute atomic E-state index is 0.00649. The van der Waals surface area contributed by atoms with Crippen LogP contribution in [0.5, 0.6) is 0 Å². The molecular formula is C52H80N2O15. The Morgan fingerprint density at radius 2 is 1.61 bits per heavy atom. The number of aliphatic hydroxyl groups excluding tert-OH is 1. The molecule has 1 amide bonds. The van der Waals surface area contributed by atoms with E-state index in [9.17, 15) is 44.1 Å². The Balaban J connectivity index is 1.70. The number of carbonyl (C=O) groups is 6. The van der Waals surface area contributed by atoms with Gasteiger partial charge in [0, 0.05) is 64.5 Å². The predicted molar refractivity (Wildman–Crippen MR) is 255 cm³/mol. The zero-order valence-corrected chi connectivity index (χ0v) is 42.2. The fourth-order valence-electron chi connectivity index (χ4n) is 10.2. The van der Waals surface area contributed by atoms with E-state index >= 15 is 0 Å². The number of nitrogens with zero attached hydrogens (tertiary/aromatic N) is 1. The molecule has 4 rings (SSSR count). The van der Waals surface area contributed by atoms with Gasteiger partial charge < -0.3 is 54.4 Å². The van der Waals surface area contributed by atoms with Crippen LogP contribution in [-0.4, -0.2) is 150 Å². The maximum atomic E-state index is 14.4. The first-order chi connectivity index (χ1) is 32.6. The summed E-state index contributed by atoms with van der Waals surface area (Å²) in [5.41, 5.74) is 8.08. The van der Waals surface area contributed by atoms with Crippen molar-refractivity contribution in [3.63, 3.8) is 0 Å². The number of aliphatic hydroxyl groups is 2. The molecule has 0 unspecified atom stereocenters. The van der Waals surface area contributed by atoms with Crippen LogP contribution >= 0.6 is 0 Å². The van der Waals surface area contributed by atoms with Gasteiger partial charge in [0.2, 0.25) is 5.79 Å². The molecule has 2 bridgehead atoms. The van der Waals surface area contributed by atoms with Crippen LogP contribution in [0.15, 0.2) is 47.6 Å². The summed E-state index contributed by atoms with van der Waals surface area (Å²) in [5.74, 6) is -9.50. The van der Waals surface area contributed by atoms with Gasteiger partial charge in [-0.1, -0.05) is 64.2 Å². The van der Waals surface area contributed by atoms with Crippen molar-refractivity contribution < 1.29 is 72.5 Å². The van der Waals surface area contributed by atoms with E-state index < -0.39 is 109 Å². The molecule has 0 aromatic rings. The second-order valence-corrected chi connectivity index (χ2v) is 20.0. The van der Waals surface area contributed by atoms with Gasteiger partial charge in [-0.05, 0) is 101 Å². The van der Waals surface area contributed by atoms with E-state index in [1.807, 2.05) is 44.2 Å². The molecule has 0 aromatic heterocycles. The Kier molecular flexibility index (Phi) is 22.6. The standard InChI is InChI=1S/C52H80N2O15/c1-30-15-11-10-12-16-31(2)42(64-7)27-37-20-18-35(6)52(63,69-37)49(60)50(61)54-22-14-13-17-39(54)51(62)68-43(38(53)25-36-19-21-41(44(26-36)65-8)67-29-45(56)57)28-40(55)32(3)24-34(5)47(59)48(66-9)46(58)33(4)23-30/h10-12,15-16,24,30,32-33,35-39,41-44,47-48,59,63H,13-14,17-23,25-29,53H2,1-9H3,(H,56,57)/b12-10?,15-11+,31-16?,34-24+/t30-,32-,33-,35-,36+,37+,38-,39+,41-,42+,43+,44-,47-,48+,52-/m1/s1. The lowest BCUT2D eigenvalue weighted by Gasteiger charge is -2.42.